The molecule has 2 aromatic carbocycles. The maximum Gasteiger partial charge on any atom is 0.267 e. The van der Waals surface area contributed by atoms with E-state index in [0.29, 0.717) is 10.4 Å². The molecule has 0 saturated carbocycles. The summed E-state index contributed by atoms with van der Waals surface area (Å²) < 4.78 is 27.2. The summed E-state index contributed by atoms with van der Waals surface area (Å²) in [6.45, 7) is 0. The topological polar surface area (TPSA) is 29.1 Å². The molecule has 0 radical (unpaired) electrons. The third-order valence-electron chi connectivity index (χ3n) is 2.91. The first-order valence-electron chi connectivity index (χ1n) is 5.99. The zero-order valence-electron chi connectivity index (χ0n) is 10.5. The molecule has 1 N–H and O–H groups in total. The van der Waals surface area contributed by atoms with Gasteiger partial charge in [0.2, 0.25) is 0 Å². The molecule has 0 aliphatic heterocycles. The van der Waals surface area contributed by atoms with Crippen LogP contribution in [0.15, 0.2) is 42.5 Å². The summed E-state index contributed by atoms with van der Waals surface area (Å²) >= 11 is 7.21. The van der Waals surface area contributed by atoms with E-state index in [-0.39, 0.29) is 15.3 Å². The van der Waals surface area contributed by atoms with Crippen LogP contribution < -0.4 is 5.32 Å². The van der Waals surface area contributed by atoms with E-state index in [4.69, 9.17) is 11.6 Å². The highest BCUT2D eigenvalue weighted by Crippen LogP contribution is 2.37. The lowest BCUT2D eigenvalue weighted by atomic mass is 10.2. The maximum absolute atomic E-state index is 13.7. The van der Waals surface area contributed by atoms with E-state index in [9.17, 15) is 13.6 Å². The summed E-state index contributed by atoms with van der Waals surface area (Å²) in [6, 6.07) is 9.91. The van der Waals surface area contributed by atoms with Gasteiger partial charge in [-0.05, 0) is 36.4 Å². The number of hydrogen-bond donors (Lipinski definition) is 1. The summed E-state index contributed by atoms with van der Waals surface area (Å²) in [5, 5.41) is 2.94. The fraction of sp³-hybridized carbons (Fsp3) is 0. The van der Waals surface area contributed by atoms with Gasteiger partial charge in [-0.15, -0.1) is 11.3 Å². The zero-order valence-corrected chi connectivity index (χ0v) is 12.1. The van der Waals surface area contributed by atoms with Crippen molar-refractivity contribution in [3.05, 3.63) is 64.0 Å². The van der Waals surface area contributed by atoms with Crippen LogP contribution in [0.25, 0.3) is 10.1 Å². The molecule has 0 saturated heterocycles. The number of carbonyl (C=O) groups is 1. The first kappa shape index (κ1) is 14.0. The van der Waals surface area contributed by atoms with Crippen LogP contribution in [-0.2, 0) is 0 Å². The minimum Gasteiger partial charge on any atom is -0.321 e. The fourth-order valence-corrected chi connectivity index (χ4v) is 3.39. The Labute approximate surface area is 128 Å². The second kappa shape index (κ2) is 5.42. The minimum absolute atomic E-state index is 0.0905. The number of fused-ring (bicyclic) bond motifs is 1. The van der Waals surface area contributed by atoms with Crippen LogP contribution in [0.5, 0.6) is 0 Å². The highest BCUT2D eigenvalue weighted by molar-refractivity contribution is 7.21. The number of nitrogens with one attached hydrogen (secondary N) is 1. The van der Waals surface area contributed by atoms with Crippen LogP contribution in [-0.4, -0.2) is 5.91 Å². The van der Waals surface area contributed by atoms with Gasteiger partial charge in [-0.2, -0.15) is 0 Å². The molecule has 0 unspecified atom stereocenters. The van der Waals surface area contributed by atoms with Gasteiger partial charge in [0.15, 0.2) is 0 Å². The summed E-state index contributed by atoms with van der Waals surface area (Å²) in [5.41, 5.74) is 0.440. The van der Waals surface area contributed by atoms with Gasteiger partial charge in [-0.1, -0.05) is 17.7 Å². The van der Waals surface area contributed by atoms with Gasteiger partial charge in [0, 0.05) is 15.8 Å². The number of benzene rings is 2. The van der Waals surface area contributed by atoms with Crippen molar-refractivity contribution in [1.82, 2.24) is 0 Å². The van der Waals surface area contributed by atoms with Gasteiger partial charge >= 0.3 is 0 Å². The Morgan fingerprint density at radius 3 is 2.48 bits per heavy atom. The molecule has 0 bridgehead atoms. The second-order valence-corrected chi connectivity index (χ2v) is 5.75. The first-order valence-corrected chi connectivity index (χ1v) is 7.19. The van der Waals surface area contributed by atoms with E-state index >= 15 is 0 Å². The molecular formula is C15H8ClF2NOS. The van der Waals surface area contributed by atoms with E-state index in [2.05, 4.69) is 5.32 Å². The molecule has 3 aromatic rings. The van der Waals surface area contributed by atoms with Crippen LogP contribution in [0.1, 0.15) is 9.67 Å². The number of amides is 1. The molecule has 21 heavy (non-hydrogen) atoms. The van der Waals surface area contributed by atoms with Gasteiger partial charge in [-0.3, -0.25) is 4.79 Å². The lowest BCUT2D eigenvalue weighted by molar-refractivity contribution is 0.103. The Morgan fingerprint density at radius 1 is 1.10 bits per heavy atom. The number of anilines is 1. The molecule has 1 heterocycles. The molecule has 106 valence electrons. The van der Waals surface area contributed by atoms with Crippen LogP contribution >= 0.6 is 22.9 Å². The molecule has 3 rings (SSSR count). The highest BCUT2D eigenvalue weighted by atomic mass is 35.5. The van der Waals surface area contributed by atoms with E-state index in [1.54, 1.807) is 12.1 Å². The van der Waals surface area contributed by atoms with E-state index in [1.165, 1.54) is 30.3 Å². The molecule has 6 heteroatoms. The monoisotopic (exact) mass is 323 g/mol. The van der Waals surface area contributed by atoms with E-state index in [0.717, 1.165) is 11.3 Å². The summed E-state index contributed by atoms with van der Waals surface area (Å²) in [4.78, 5) is 12.4. The number of carbonyl (C=O) groups excluding carboxylic acids is 1. The Hall–Kier alpha value is -1.98. The van der Waals surface area contributed by atoms with Crippen LogP contribution in [0.4, 0.5) is 14.5 Å². The van der Waals surface area contributed by atoms with Crippen molar-refractivity contribution in [1.29, 1.82) is 0 Å². The number of hydrogen-bond acceptors (Lipinski definition) is 2. The predicted octanol–water partition coefficient (Wildman–Crippen LogP) is 5.09. The Morgan fingerprint density at radius 2 is 1.81 bits per heavy atom. The van der Waals surface area contributed by atoms with Crippen molar-refractivity contribution in [2.45, 2.75) is 0 Å². The van der Waals surface area contributed by atoms with Crippen molar-refractivity contribution >= 4 is 44.6 Å². The Kier molecular flexibility index (Phi) is 3.61. The highest BCUT2D eigenvalue weighted by Gasteiger charge is 2.19. The average Bonchev–Trinajstić information content (AvgIpc) is 2.80. The minimum atomic E-state index is -0.463. The van der Waals surface area contributed by atoms with Crippen LogP contribution in [0.2, 0.25) is 5.02 Å². The molecule has 1 amide bonds. The molecule has 2 nitrogen and oxygen atoms in total. The SMILES string of the molecule is O=C(Nc1ccc(F)cc1)c1sc2cccc(F)c2c1Cl. The first-order chi connectivity index (χ1) is 10.1. The number of halogens is 3. The van der Waals surface area contributed by atoms with Crippen molar-refractivity contribution in [3.63, 3.8) is 0 Å². The molecule has 0 atom stereocenters. The molecule has 0 fully saturated rings. The number of rotatable bonds is 2. The second-order valence-electron chi connectivity index (χ2n) is 4.32. The van der Waals surface area contributed by atoms with Gasteiger partial charge in [0.1, 0.15) is 16.5 Å². The third-order valence-corrected chi connectivity index (χ3v) is 4.56. The van der Waals surface area contributed by atoms with Crippen molar-refractivity contribution in [3.8, 4) is 0 Å². The molecule has 0 aliphatic rings. The van der Waals surface area contributed by atoms with Gasteiger partial charge < -0.3 is 5.32 Å². The smallest absolute Gasteiger partial charge is 0.267 e. The summed E-state index contributed by atoms with van der Waals surface area (Å²) in [7, 11) is 0. The Bertz CT molecular complexity index is 830. The predicted molar refractivity (Wildman–Crippen MR) is 81.1 cm³/mol. The third kappa shape index (κ3) is 2.62. The van der Waals surface area contributed by atoms with Crippen molar-refractivity contribution < 1.29 is 13.6 Å². The molecule has 0 spiro atoms. The largest absolute Gasteiger partial charge is 0.321 e. The van der Waals surface area contributed by atoms with Crippen LogP contribution in [0.3, 0.4) is 0 Å². The quantitative estimate of drug-likeness (QED) is 0.699. The van der Waals surface area contributed by atoms with Gasteiger partial charge in [-0.25, -0.2) is 8.78 Å². The Balaban J connectivity index is 1.96. The van der Waals surface area contributed by atoms with Crippen molar-refractivity contribution in [2.75, 3.05) is 5.32 Å². The van der Waals surface area contributed by atoms with E-state index in [1.807, 2.05) is 0 Å². The van der Waals surface area contributed by atoms with Crippen molar-refractivity contribution in [2.24, 2.45) is 0 Å². The number of thiophene rings is 1. The fourth-order valence-electron chi connectivity index (χ4n) is 1.94. The zero-order chi connectivity index (χ0) is 15.0. The molecule has 0 aliphatic carbocycles. The maximum atomic E-state index is 13.7. The van der Waals surface area contributed by atoms with E-state index < -0.39 is 17.5 Å². The summed E-state index contributed by atoms with van der Waals surface area (Å²) in [5.74, 6) is -1.31. The standard InChI is InChI=1S/C15H8ClF2NOS/c16-13-12-10(18)2-1-3-11(12)21-14(13)15(20)19-9-6-4-8(17)5-7-9/h1-7H,(H,19,20). The van der Waals surface area contributed by atoms with Gasteiger partial charge in [0.25, 0.3) is 5.91 Å². The normalized spacial score (nSPS) is 10.8. The summed E-state index contributed by atoms with van der Waals surface area (Å²) in [6.07, 6.45) is 0. The molecular weight excluding hydrogens is 316 g/mol. The lowest BCUT2D eigenvalue weighted by Crippen LogP contribution is -2.10. The van der Waals surface area contributed by atoms with Gasteiger partial charge in [0.05, 0.1) is 5.02 Å². The average molecular weight is 324 g/mol. The lowest BCUT2D eigenvalue weighted by Gasteiger charge is -2.03. The molecule has 1 aromatic heterocycles. The van der Waals surface area contributed by atoms with Crippen LogP contribution in [0, 0.1) is 11.6 Å².